The Morgan fingerprint density at radius 3 is 2.56 bits per heavy atom. The van der Waals surface area contributed by atoms with Crippen molar-refractivity contribution in [1.82, 2.24) is 19.4 Å². The average Bonchev–Trinajstić information content (AvgIpc) is 2.96. The number of nitrogens with one attached hydrogen (secondary N) is 1. The van der Waals surface area contributed by atoms with E-state index in [1.54, 1.807) is 4.90 Å². The Hall–Kier alpha value is -2.86. The minimum absolute atomic E-state index is 0.179. The van der Waals surface area contributed by atoms with E-state index < -0.39 is 40.4 Å². The van der Waals surface area contributed by atoms with Gasteiger partial charge in [0.05, 0.1) is 6.04 Å². The van der Waals surface area contributed by atoms with E-state index >= 15 is 0 Å². The first-order chi connectivity index (χ1) is 15.3. The van der Waals surface area contributed by atoms with Gasteiger partial charge in [0.25, 0.3) is 5.91 Å². The molecular formula is C20H26N4O7S. The van der Waals surface area contributed by atoms with E-state index in [1.807, 2.05) is 30.3 Å². The van der Waals surface area contributed by atoms with Crippen LogP contribution in [-0.4, -0.2) is 82.9 Å². The first kappa shape index (κ1) is 22.3. The molecule has 11 nitrogen and oxygen atoms in total. The van der Waals surface area contributed by atoms with Crippen LogP contribution in [0.3, 0.4) is 0 Å². The Morgan fingerprint density at radius 2 is 1.84 bits per heavy atom. The summed E-state index contributed by atoms with van der Waals surface area (Å²) in [4.78, 5) is 40.2. The summed E-state index contributed by atoms with van der Waals surface area (Å²) in [7, 11) is -4.61. The molecule has 4 amide bonds. The van der Waals surface area contributed by atoms with Gasteiger partial charge in [-0.25, -0.2) is 13.9 Å². The fourth-order valence-corrected chi connectivity index (χ4v) is 5.43. The van der Waals surface area contributed by atoms with Crippen LogP contribution in [-0.2, 0) is 26.4 Å². The summed E-state index contributed by atoms with van der Waals surface area (Å²) in [6, 6.07) is 7.21. The highest BCUT2D eigenvalue weighted by Crippen LogP contribution is 2.35. The number of likely N-dealkylation sites (tertiary alicyclic amines) is 2. The van der Waals surface area contributed by atoms with Gasteiger partial charge in [-0.05, 0) is 31.2 Å². The molecule has 32 heavy (non-hydrogen) atoms. The highest BCUT2D eigenvalue weighted by molar-refractivity contribution is 7.84. The van der Waals surface area contributed by atoms with E-state index in [0.717, 1.165) is 5.56 Å². The van der Waals surface area contributed by atoms with E-state index in [2.05, 4.69) is 5.32 Å². The van der Waals surface area contributed by atoms with Crippen molar-refractivity contribution in [3.05, 3.63) is 35.9 Å². The topological polar surface area (TPSA) is 137 Å². The van der Waals surface area contributed by atoms with Crippen LogP contribution in [0.15, 0.2) is 30.3 Å². The van der Waals surface area contributed by atoms with Crippen LogP contribution in [0.2, 0.25) is 0 Å². The Kier molecular flexibility index (Phi) is 6.24. The summed E-state index contributed by atoms with van der Waals surface area (Å²) < 4.78 is 37.6. The summed E-state index contributed by atoms with van der Waals surface area (Å²) in [6.07, 6.45) is 1.79. The molecule has 3 heterocycles. The molecule has 0 bridgehead atoms. The van der Waals surface area contributed by atoms with Crippen LogP contribution in [0, 0.1) is 0 Å². The van der Waals surface area contributed by atoms with Crippen molar-refractivity contribution in [2.24, 2.45) is 0 Å². The Balaban J connectivity index is 1.26. The first-order valence-corrected chi connectivity index (χ1v) is 12.0. The van der Waals surface area contributed by atoms with Crippen molar-refractivity contribution in [1.29, 1.82) is 0 Å². The molecule has 0 spiro atoms. The number of ether oxygens (including phenoxy) is 1. The number of nitrogens with zero attached hydrogens (tertiary/aromatic N) is 3. The van der Waals surface area contributed by atoms with Crippen LogP contribution < -0.4 is 5.32 Å². The number of hydrogen-bond acceptors (Lipinski definition) is 6. The van der Waals surface area contributed by atoms with Crippen LogP contribution >= 0.6 is 0 Å². The number of fused-ring (bicyclic) bond motifs is 1. The normalized spacial score (nSPS) is 25.6. The third-order valence-corrected chi connectivity index (χ3v) is 7.11. The van der Waals surface area contributed by atoms with Crippen molar-refractivity contribution in [2.75, 3.05) is 19.6 Å². The molecule has 3 atom stereocenters. The molecule has 12 heteroatoms. The molecule has 1 aromatic carbocycles. The third-order valence-electron chi connectivity index (χ3n) is 6.17. The molecule has 2 N–H and O–H groups in total. The maximum atomic E-state index is 12.7. The van der Waals surface area contributed by atoms with Gasteiger partial charge in [-0.15, -0.1) is 0 Å². The summed E-state index contributed by atoms with van der Waals surface area (Å²) in [6.45, 7) is 1.38. The smallest absolute Gasteiger partial charge is 0.410 e. The van der Waals surface area contributed by atoms with Gasteiger partial charge in [-0.3, -0.25) is 9.35 Å². The minimum Gasteiger partial charge on any atom is -0.445 e. The Labute approximate surface area is 186 Å². The minimum atomic E-state index is -4.61. The van der Waals surface area contributed by atoms with E-state index in [4.69, 9.17) is 9.29 Å². The summed E-state index contributed by atoms with van der Waals surface area (Å²) in [5.74, 6) is -0.793. The van der Waals surface area contributed by atoms with Gasteiger partial charge < -0.3 is 19.9 Å². The highest BCUT2D eigenvalue weighted by atomic mass is 32.2. The number of hydrogen-bond donors (Lipinski definition) is 2. The lowest BCUT2D eigenvalue weighted by Crippen LogP contribution is -2.69. The fraction of sp³-hybridized carbons (Fsp3) is 0.550. The third kappa shape index (κ3) is 4.51. The Bertz CT molecular complexity index is 987. The number of β-lactam (4-membered cyclic amide) rings is 1. The maximum absolute atomic E-state index is 12.7. The molecule has 3 saturated heterocycles. The molecule has 0 unspecified atom stereocenters. The molecule has 1 aromatic rings. The van der Waals surface area contributed by atoms with E-state index in [0.29, 0.717) is 36.7 Å². The number of carbonyl (C=O) groups excluding carboxylic acids is 3. The maximum Gasteiger partial charge on any atom is 0.410 e. The van der Waals surface area contributed by atoms with E-state index in [9.17, 15) is 22.8 Å². The average molecular weight is 467 g/mol. The second kappa shape index (κ2) is 8.94. The number of urea groups is 1. The summed E-state index contributed by atoms with van der Waals surface area (Å²) in [5.41, 5.74) is 0.905. The lowest BCUT2D eigenvalue weighted by molar-refractivity contribution is -0.143. The predicted octanol–water partition coefficient (Wildman–Crippen LogP) is 0.975. The lowest BCUT2D eigenvalue weighted by Gasteiger charge is -2.42. The molecule has 4 rings (SSSR count). The standard InChI is InChI=1S/C20H26N4O7S/c25-18-17-16(24(18)32(28,29)30)9-12-23(17)19(26)21-15-7-4-10-22(11-8-15)20(27)31-13-14-5-2-1-3-6-14/h1-3,5-6,15-17H,4,7-13H2,(H,21,26)(H,28,29,30)/t15-,16-,17+/m1/s1. The molecule has 0 radical (unpaired) electrons. The Morgan fingerprint density at radius 1 is 1.09 bits per heavy atom. The fourth-order valence-electron chi connectivity index (χ4n) is 4.54. The highest BCUT2D eigenvalue weighted by Gasteiger charge is 2.60. The molecule has 0 aliphatic carbocycles. The van der Waals surface area contributed by atoms with Gasteiger partial charge in [0.1, 0.15) is 12.6 Å². The van der Waals surface area contributed by atoms with Gasteiger partial charge in [0.15, 0.2) is 0 Å². The molecule has 0 aromatic heterocycles. The second-order valence-corrected chi connectivity index (χ2v) is 9.50. The lowest BCUT2D eigenvalue weighted by atomic mass is 10.0. The van der Waals surface area contributed by atoms with E-state index in [-0.39, 0.29) is 25.6 Å². The van der Waals surface area contributed by atoms with Gasteiger partial charge in [0, 0.05) is 25.7 Å². The monoisotopic (exact) mass is 466 g/mol. The summed E-state index contributed by atoms with van der Waals surface area (Å²) >= 11 is 0. The van der Waals surface area contributed by atoms with Gasteiger partial charge in [-0.1, -0.05) is 30.3 Å². The van der Waals surface area contributed by atoms with E-state index in [1.165, 1.54) is 4.90 Å². The summed E-state index contributed by atoms with van der Waals surface area (Å²) in [5, 5.41) is 2.90. The quantitative estimate of drug-likeness (QED) is 0.498. The SMILES string of the molecule is O=C(OCc1ccccc1)N1CCC[C@@H](NC(=O)N2CC[C@@H]3[C@H]2C(=O)N3S(=O)(=O)O)CC1. The first-order valence-electron chi connectivity index (χ1n) is 10.6. The van der Waals surface area contributed by atoms with Crippen molar-refractivity contribution >= 4 is 28.3 Å². The zero-order valence-electron chi connectivity index (χ0n) is 17.4. The van der Waals surface area contributed by atoms with Crippen LogP contribution in [0.4, 0.5) is 9.59 Å². The molecule has 3 fully saturated rings. The second-order valence-electron chi connectivity index (χ2n) is 8.21. The number of benzene rings is 1. The van der Waals surface area contributed by atoms with Crippen molar-refractivity contribution in [2.45, 2.75) is 50.4 Å². The molecule has 174 valence electrons. The van der Waals surface area contributed by atoms with Crippen molar-refractivity contribution in [3.63, 3.8) is 0 Å². The molecular weight excluding hydrogens is 440 g/mol. The van der Waals surface area contributed by atoms with Crippen molar-refractivity contribution in [3.8, 4) is 0 Å². The van der Waals surface area contributed by atoms with Gasteiger partial charge in [0.2, 0.25) is 0 Å². The largest absolute Gasteiger partial charge is 0.445 e. The van der Waals surface area contributed by atoms with Crippen molar-refractivity contribution < 1.29 is 32.1 Å². The molecule has 0 saturated carbocycles. The zero-order chi connectivity index (χ0) is 22.9. The number of rotatable bonds is 4. The number of carbonyl (C=O) groups is 3. The van der Waals surface area contributed by atoms with Crippen LogP contribution in [0.25, 0.3) is 0 Å². The van der Waals surface area contributed by atoms with Gasteiger partial charge in [-0.2, -0.15) is 8.42 Å². The predicted molar refractivity (Wildman–Crippen MR) is 112 cm³/mol. The van der Waals surface area contributed by atoms with Gasteiger partial charge >= 0.3 is 22.4 Å². The number of amides is 4. The van der Waals surface area contributed by atoms with Crippen LogP contribution in [0.5, 0.6) is 0 Å². The molecule has 3 aliphatic heterocycles. The zero-order valence-corrected chi connectivity index (χ0v) is 18.2. The van der Waals surface area contributed by atoms with Crippen LogP contribution in [0.1, 0.15) is 31.2 Å². The molecule has 3 aliphatic rings.